The monoisotopic (exact) mass is 478 g/mol. The van der Waals surface area contributed by atoms with Gasteiger partial charge in [0.2, 0.25) is 5.95 Å². The Kier molecular flexibility index (Phi) is 5.26. The van der Waals surface area contributed by atoms with Crippen molar-refractivity contribution in [2.45, 2.75) is 43.7 Å². The SMILES string of the molecule is NC1=N[C@]2(CO[C@H]1C1CCCCC1)c1cc(-c3cccnc3F)ccc1Oc1cnc(Cl)cc12. The number of ether oxygens (including phenoxy) is 2. The van der Waals surface area contributed by atoms with Gasteiger partial charge in [0.15, 0.2) is 5.75 Å². The van der Waals surface area contributed by atoms with Crippen LogP contribution in [0.25, 0.3) is 11.1 Å². The van der Waals surface area contributed by atoms with Crippen LogP contribution in [0, 0.1) is 11.9 Å². The van der Waals surface area contributed by atoms with Crippen LogP contribution in [0.3, 0.4) is 0 Å². The average Bonchev–Trinajstić information content (AvgIpc) is 2.86. The molecule has 8 heteroatoms. The molecule has 3 aromatic rings. The van der Waals surface area contributed by atoms with Crippen LogP contribution < -0.4 is 10.5 Å². The summed E-state index contributed by atoms with van der Waals surface area (Å²) in [6.45, 7) is 0.275. The second-order valence-electron chi connectivity index (χ2n) is 9.18. The minimum atomic E-state index is -0.973. The Labute approximate surface area is 202 Å². The number of nitrogens with two attached hydrogens (primary N) is 1. The van der Waals surface area contributed by atoms with E-state index in [0.29, 0.717) is 39.5 Å². The lowest BCUT2D eigenvalue weighted by atomic mass is 9.78. The Morgan fingerprint density at radius 1 is 1.03 bits per heavy atom. The lowest BCUT2D eigenvalue weighted by Crippen LogP contribution is -2.49. The van der Waals surface area contributed by atoms with Crippen molar-refractivity contribution in [3.63, 3.8) is 0 Å². The van der Waals surface area contributed by atoms with E-state index >= 15 is 0 Å². The van der Waals surface area contributed by atoms with Gasteiger partial charge in [-0.1, -0.05) is 36.9 Å². The van der Waals surface area contributed by atoms with Gasteiger partial charge in [0.1, 0.15) is 28.4 Å². The van der Waals surface area contributed by atoms with Gasteiger partial charge in [0.25, 0.3) is 0 Å². The van der Waals surface area contributed by atoms with Crippen LogP contribution in [0.2, 0.25) is 5.15 Å². The Morgan fingerprint density at radius 3 is 2.65 bits per heavy atom. The smallest absolute Gasteiger partial charge is 0.220 e. The third-order valence-electron chi connectivity index (χ3n) is 7.16. The van der Waals surface area contributed by atoms with Gasteiger partial charge in [-0.25, -0.2) is 9.97 Å². The number of amidine groups is 1. The highest BCUT2D eigenvalue weighted by Gasteiger charge is 2.48. The molecule has 6 nitrogen and oxygen atoms in total. The van der Waals surface area contributed by atoms with Crippen LogP contribution in [-0.4, -0.2) is 28.5 Å². The topological polar surface area (TPSA) is 82.6 Å². The molecule has 0 unspecified atom stereocenters. The normalized spacial score (nSPS) is 24.2. The van der Waals surface area contributed by atoms with Crippen molar-refractivity contribution < 1.29 is 13.9 Å². The van der Waals surface area contributed by atoms with E-state index < -0.39 is 11.5 Å². The van der Waals surface area contributed by atoms with Gasteiger partial charge in [-0.05, 0) is 54.7 Å². The number of aromatic nitrogens is 2. The number of nitrogens with zero attached hydrogens (tertiary/aromatic N) is 3. The number of hydrogen-bond acceptors (Lipinski definition) is 6. The summed E-state index contributed by atoms with van der Waals surface area (Å²) >= 11 is 6.30. The van der Waals surface area contributed by atoms with Gasteiger partial charge in [-0.3, -0.25) is 4.99 Å². The maximum atomic E-state index is 14.5. The molecule has 1 aromatic carbocycles. The Morgan fingerprint density at radius 2 is 1.85 bits per heavy atom. The molecule has 2 aromatic heterocycles. The van der Waals surface area contributed by atoms with E-state index in [1.54, 1.807) is 24.4 Å². The molecule has 174 valence electrons. The average molecular weight is 479 g/mol. The summed E-state index contributed by atoms with van der Waals surface area (Å²) in [5, 5.41) is 0.322. The number of pyridine rings is 2. The van der Waals surface area contributed by atoms with Crippen molar-refractivity contribution in [3.8, 4) is 22.6 Å². The molecular formula is C26H24ClFN4O2. The van der Waals surface area contributed by atoms with Crippen molar-refractivity contribution in [3.05, 3.63) is 71.0 Å². The highest BCUT2D eigenvalue weighted by atomic mass is 35.5. The molecule has 0 saturated heterocycles. The molecule has 1 spiro atoms. The molecule has 6 rings (SSSR count). The third kappa shape index (κ3) is 3.46. The lowest BCUT2D eigenvalue weighted by molar-refractivity contribution is 0.00780. The summed E-state index contributed by atoms with van der Waals surface area (Å²) in [7, 11) is 0. The van der Waals surface area contributed by atoms with E-state index in [9.17, 15) is 4.39 Å². The quantitative estimate of drug-likeness (QED) is 0.483. The maximum absolute atomic E-state index is 14.5. The molecule has 2 N–H and O–H groups in total. The standard InChI is InChI=1S/C26H24ClFN4O2/c27-22-12-19-21(13-31-22)34-20-9-8-16(17-7-4-10-30-24(17)28)11-18(20)26(19)14-33-23(25(29)32-26)15-5-2-1-3-6-15/h4,7-13,15,23H,1-3,5-6,14H2,(H2,29,32)/t23-,26+/m0/s1. The minimum absolute atomic E-state index is 0.211. The minimum Gasteiger partial charge on any atom is -0.455 e. The summed E-state index contributed by atoms with van der Waals surface area (Å²) in [5.41, 5.74) is 8.17. The van der Waals surface area contributed by atoms with E-state index in [1.807, 2.05) is 18.2 Å². The molecule has 3 aliphatic rings. The van der Waals surface area contributed by atoms with E-state index in [-0.39, 0.29) is 12.7 Å². The van der Waals surface area contributed by atoms with Gasteiger partial charge < -0.3 is 15.2 Å². The summed E-state index contributed by atoms with van der Waals surface area (Å²) in [6.07, 6.45) is 8.61. The number of rotatable bonds is 2. The predicted octanol–water partition coefficient (Wildman–Crippen LogP) is 5.62. The van der Waals surface area contributed by atoms with Gasteiger partial charge in [0, 0.05) is 22.9 Å². The zero-order valence-corrected chi connectivity index (χ0v) is 19.3. The van der Waals surface area contributed by atoms with Crippen LogP contribution in [0.5, 0.6) is 11.5 Å². The van der Waals surface area contributed by atoms with Gasteiger partial charge in [-0.2, -0.15) is 4.39 Å². The van der Waals surface area contributed by atoms with E-state index in [2.05, 4.69) is 9.97 Å². The van der Waals surface area contributed by atoms with Gasteiger partial charge >= 0.3 is 0 Å². The molecule has 34 heavy (non-hydrogen) atoms. The Balaban J connectivity index is 1.52. The fourth-order valence-corrected chi connectivity index (χ4v) is 5.66. The molecule has 1 fully saturated rings. The molecule has 2 aliphatic heterocycles. The molecule has 0 amide bonds. The highest BCUT2D eigenvalue weighted by Crippen LogP contribution is 2.52. The van der Waals surface area contributed by atoms with Gasteiger partial charge in [-0.15, -0.1) is 0 Å². The summed E-state index contributed by atoms with van der Waals surface area (Å²) in [6, 6.07) is 10.7. The summed E-state index contributed by atoms with van der Waals surface area (Å²) in [4.78, 5) is 13.1. The first-order valence-electron chi connectivity index (χ1n) is 11.6. The van der Waals surface area contributed by atoms with Crippen LogP contribution in [0.1, 0.15) is 43.2 Å². The number of fused-ring (bicyclic) bond motifs is 4. The molecular weight excluding hydrogens is 455 g/mol. The van der Waals surface area contributed by atoms with E-state index in [1.165, 1.54) is 25.5 Å². The van der Waals surface area contributed by atoms with Crippen LogP contribution >= 0.6 is 11.6 Å². The fourth-order valence-electron chi connectivity index (χ4n) is 5.50. The van der Waals surface area contributed by atoms with Crippen LogP contribution in [-0.2, 0) is 10.3 Å². The number of aliphatic imine (C=N–C) groups is 1. The lowest BCUT2D eigenvalue weighted by Gasteiger charge is -2.43. The highest BCUT2D eigenvalue weighted by molar-refractivity contribution is 6.29. The first-order valence-corrected chi connectivity index (χ1v) is 12.0. The van der Waals surface area contributed by atoms with Crippen molar-refractivity contribution in [1.82, 2.24) is 9.97 Å². The summed E-state index contributed by atoms with van der Waals surface area (Å²) < 4.78 is 27.2. The summed E-state index contributed by atoms with van der Waals surface area (Å²) in [5.74, 6) is 1.45. The van der Waals surface area contributed by atoms with E-state index in [0.717, 1.165) is 24.0 Å². The van der Waals surface area contributed by atoms with Crippen molar-refractivity contribution >= 4 is 17.4 Å². The number of hydrogen-bond donors (Lipinski definition) is 1. The van der Waals surface area contributed by atoms with Crippen molar-refractivity contribution in [1.29, 1.82) is 0 Å². The van der Waals surface area contributed by atoms with Crippen molar-refractivity contribution in [2.24, 2.45) is 16.6 Å². The molecule has 4 heterocycles. The van der Waals surface area contributed by atoms with Crippen LogP contribution in [0.4, 0.5) is 4.39 Å². The van der Waals surface area contributed by atoms with Crippen LogP contribution in [0.15, 0.2) is 53.8 Å². The zero-order valence-electron chi connectivity index (χ0n) is 18.5. The second kappa shape index (κ2) is 8.32. The number of benzene rings is 1. The predicted molar refractivity (Wildman–Crippen MR) is 128 cm³/mol. The Hall–Kier alpha value is -3.03. The molecule has 1 aliphatic carbocycles. The number of halogens is 2. The van der Waals surface area contributed by atoms with Gasteiger partial charge in [0.05, 0.1) is 12.8 Å². The third-order valence-corrected chi connectivity index (χ3v) is 7.36. The molecule has 2 atom stereocenters. The Bertz CT molecular complexity index is 1290. The first-order chi connectivity index (χ1) is 16.5. The maximum Gasteiger partial charge on any atom is 0.220 e. The second-order valence-corrected chi connectivity index (χ2v) is 9.57. The molecule has 0 bridgehead atoms. The fraction of sp³-hybridized carbons (Fsp3) is 0.346. The van der Waals surface area contributed by atoms with E-state index in [4.69, 9.17) is 31.8 Å². The first kappa shape index (κ1) is 21.5. The molecule has 0 radical (unpaired) electrons. The zero-order chi connectivity index (χ0) is 23.3. The van der Waals surface area contributed by atoms with Crippen molar-refractivity contribution in [2.75, 3.05) is 6.61 Å². The molecule has 1 saturated carbocycles. The largest absolute Gasteiger partial charge is 0.455 e.